The molecular weight excluding hydrogens is 252 g/mol. The van der Waals surface area contributed by atoms with Crippen LogP contribution in [0.2, 0.25) is 0 Å². The van der Waals surface area contributed by atoms with Crippen LogP contribution in [0.5, 0.6) is 5.75 Å². The molecule has 0 aliphatic carbocycles. The van der Waals surface area contributed by atoms with Gasteiger partial charge in [-0.05, 0) is 51.2 Å². The van der Waals surface area contributed by atoms with Gasteiger partial charge < -0.3 is 19.6 Å². The first-order chi connectivity index (χ1) is 9.60. The predicted octanol–water partition coefficient (Wildman–Crippen LogP) is 1.75. The van der Waals surface area contributed by atoms with E-state index in [2.05, 4.69) is 23.9 Å². The highest BCUT2D eigenvalue weighted by molar-refractivity contribution is 5.29. The molecule has 0 radical (unpaired) electrons. The smallest absolute Gasteiger partial charge is 0.119 e. The highest BCUT2D eigenvalue weighted by Crippen LogP contribution is 2.21. The number of rotatable bonds is 6. The van der Waals surface area contributed by atoms with Crippen molar-refractivity contribution in [1.29, 1.82) is 0 Å². The Morgan fingerprint density at radius 1 is 1.50 bits per heavy atom. The molecule has 20 heavy (non-hydrogen) atoms. The van der Waals surface area contributed by atoms with E-state index in [1.807, 2.05) is 24.3 Å². The Balaban J connectivity index is 1.87. The summed E-state index contributed by atoms with van der Waals surface area (Å²) in [6, 6.07) is 8.29. The number of aliphatic hydroxyl groups excluding tert-OH is 1. The first-order valence-electron chi connectivity index (χ1n) is 7.31. The van der Waals surface area contributed by atoms with Crippen LogP contribution in [0.4, 0.5) is 0 Å². The van der Waals surface area contributed by atoms with Gasteiger partial charge in [0.25, 0.3) is 0 Å². The van der Waals surface area contributed by atoms with Crippen LogP contribution in [-0.2, 0) is 0 Å². The minimum Gasteiger partial charge on any atom is -0.497 e. The van der Waals surface area contributed by atoms with Crippen molar-refractivity contribution in [1.82, 2.24) is 9.80 Å². The van der Waals surface area contributed by atoms with Gasteiger partial charge in [0, 0.05) is 19.1 Å². The summed E-state index contributed by atoms with van der Waals surface area (Å²) in [6.07, 6.45) is 2.07. The third kappa shape index (κ3) is 3.95. The second-order valence-corrected chi connectivity index (χ2v) is 5.79. The molecule has 1 fully saturated rings. The van der Waals surface area contributed by atoms with Crippen LogP contribution in [0, 0.1) is 0 Å². The molecule has 112 valence electrons. The lowest BCUT2D eigenvalue weighted by atomic mass is 10.1. The summed E-state index contributed by atoms with van der Waals surface area (Å²) < 4.78 is 5.20. The maximum Gasteiger partial charge on any atom is 0.119 e. The van der Waals surface area contributed by atoms with Crippen LogP contribution in [0.3, 0.4) is 0 Å². The Labute approximate surface area is 122 Å². The van der Waals surface area contributed by atoms with E-state index in [1.165, 1.54) is 19.4 Å². The molecule has 0 aromatic heterocycles. The fraction of sp³-hybridized carbons (Fsp3) is 0.625. The van der Waals surface area contributed by atoms with Gasteiger partial charge in [0.15, 0.2) is 0 Å². The highest BCUT2D eigenvalue weighted by atomic mass is 16.5. The summed E-state index contributed by atoms with van der Waals surface area (Å²) in [7, 11) is 5.91. The van der Waals surface area contributed by atoms with Crippen LogP contribution in [0.15, 0.2) is 24.3 Å². The maximum atomic E-state index is 10.3. The Kier molecular flexibility index (Phi) is 5.40. The third-order valence-electron chi connectivity index (χ3n) is 4.16. The zero-order chi connectivity index (χ0) is 14.5. The van der Waals surface area contributed by atoms with Gasteiger partial charge >= 0.3 is 0 Å². The monoisotopic (exact) mass is 278 g/mol. The molecule has 0 saturated carbocycles. The standard InChI is InChI=1S/C16H26N2O2/c1-17(11-14-7-5-9-18(14)2)12-16(19)13-6-4-8-15(10-13)20-3/h4,6,8,10,14,16,19H,5,7,9,11-12H2,1-3H3. The molecule has 1 aromatic carbocycles. The van der Waals surface area contributed by atoms with Crippen molar-refractivity contribution in [3.63, 3.8) is 0 Å². The van der Waals surface area contributed by atoms with Crippen molar-refractivity contribution in [2.45, 2.75) is 25.0 Å². The van der Waals surface area contributed by atoms with Gasteiger partial charge in [0.05, 0.1) is 13.2 Å². The molecular formula is C16H26N2O2. The lowest BCUT2D eigenvalue weighted by Gasteiger charge is -2.27. The molecule has 2 atom stereocenters. The van der Waals surface area contributed by atoms with Crippen molar-refractivity contribution in [2.75, 3.05) is 40.8 Å². The normalized spacial score (nSPS) is 21.4. The average molecular weight is 278 g/mol. The Bertz CT molecular complexity index is 425. The molecule has 0 spiro atoms. The topological polar surface area (TPSA) is 35.9 Å². The van der Waals surface area contributed by atoms with E-state index in [0.717, 1.165) is 17.9 Å². The molecule has 2 unspecified atom stereocenters. The van der Waals surface area contributed by atoms with E-state index in [9.17, 15) is 5.11 Å². The number of hydrogen-bond donors (Lipinski definition) is 1. The quantitative estimate of drug-likeness (QED) is 0.860. The second kappa shape index (κ2) is 7.07. The van der Waals surface area contributed by atoms with Gasteiger partial charge in [-0.25, -0.2) is 0 Å². The molecule has 4 nitrogen and oxygen atoms in total. The number of benzene rings is 1. The summed E-state index contributed by atoms with van der Waals surface area (Å²) in [4.78, 5) is 4.63. The SMILES string of the molecule is COc1cccc(C(O)CN(C)CC2CCCN2C)c1. The van der Waals surface area contributed by atoms with E-state index in [-0.39, 0.29) is 0 Å². The first kappa shape index (κ1) is 15.3. The van der Waals surface area contributed by atoms with Gasteiger partial charge in [-0.2, -0.15) is 0 Å². The minimum absolute atomic E-state index is 0.471. The third-order valence-corrected chi connectivity index (χ3v) is 4.16. The van der Waals surface area contributed by atoms with Crippen LogP contribution >= 0.6 is 0 Å². The molecule has 1 aliphatic rings. The number of likely N-dealkylation sites (N-methyl/N-ethyl adjacent to an activating group) is 2. The molecule has 0 amide bonds. The Morgan fingerprint density at radius 2 is 2.30 bits per heavy atom. The summed E-state index contributed by atoms with van der Waals surface area (Å²) in [6.45, 7) is 2.85. The zero-order valence-corrected chi connectivity index (χ0v) is 12.7. The van der Waals surface area contributed by atoms with Gasteiger partial charge in [0.1, 0.15) is 5.75 Å². The highest BCUT2D eigenvalue weighted by Gasteiger charge is 2.23. The van der Waals surface area contributed by atoms with Crippen molar-refractivity contribution in [3.8, 4) is 5.75 Å². The van der Waals surface area contributed by atoms with Crippen molar-refractivity contribution < 1.29 is 9.84 Å². The Hall–Kier alpha value is -1.10. The summed E-state index contributed by atoms with van der Waals surface area (Å²) in [5, 5.41) is 10.3. The number of aliphatic hydroxyl groups is 1. The van der Waals surface area contributed by atoms with E-state index < -0.39 is 6.10 Å². The second-order valence-electron chi connectivity index (χ2n) is 5.79. The van der Waals surface area contributed by atoms with Crippen molar-refractivity contribution in [3.05, 3.63) is 29.8 Å². The summed E-state index contributed by atoms with van der Waals surface area (Å²) in [5.41, 5.74) is 0.913. The fourth-order valence-corrected chi connectivity index (χ4v) is 2.89. The summed E-state index contributed by atoms with van der Waals surface area (Å²) >= 11 is 0. The fourth-order valence-electron chi connectivity index (χ4n) is 2.89. The van der Waals surface area contributed by atoms with Gasteiger partial charge in [-0.1, -0.05) is 12.1 Å². The lowest BCUT2D eigenvalue weighted by molar-refractivity contribution is 0.112. The molecule has 1 heterocycles. The van der Waals surface area contributed by atoms with E-state index >= 15 is 0 Å². The number of nitrogens with zero attached hydrogens (tertiary/aromatic N) is 2. The maximum absolute atomic E-state index is 10.3. The zero-order valence-electron chi connectivity index (χ0n) is 12.7. The first-order valence-corrected chi connectivity index (χ1v) is 7.31. The molecule has 1 aromatic rings. The van der Waals surface area contributed by atoms with E-state index in [4.69, 9.17) is 4.74 Å². The molecule has 1 saturated heterocycles. The number of ether oxygens (including phenoxy) is 1. The number of hydrogen-bond acceptors (Lipinski definition) is 4. The molecule has 1 N–H and O–H groups in total. The van der Waals surface area contributed by atoms with Gasteiger partial charge in [-0.3, -0.25) is 0 Å². The Morgan fingerprint density at radius 3 is 2.95 bits per heavy atom. The van der Waals surface area contributed by atoms with Crippen LogP contribution < -0.4 is 4.74 Å². The molecule has 2 rings (SSSR count). The van der Waals surface area contributed by atoms with E-state index in [0.29, 0.717) is 12.6 Å². The molecule has 0 bridgehead atoms. The minimum atomic E-state index is -0.471. The van der Waals surface area contributed by atoms with Crippen molar-refractivity contribution >= 4 is 0 Å². The van der Waals surface area contributed by atoms with Crippen LogP contribution in [0.25, 0.3) is 0 Å². The lowest BCUT2D eigenvalue weighted by Crippen LogP contribution is -2.38. The van der Waals surface area contributed by atoms with Gasteiger partial charge in [0.2, 0.25) is 0 Å². The van der Waals surface area contributed by atoms with Gasteiger partial charge in [-0.15, -0.1) is 0 Å². The van der Waals surface area contributed by atoms with E-state index in [1.54, 1.807) is 7.11 Å². The average Bonchev–Trinajstić information content (AvgIpc) is 2.84. The predicted molar refractivity (Wildman–Crippen MR) is 81.1 cm³/mol. The summed E-state index contributed by atoms with van der Waals surface area (Å²) in [5.74, 6) is 0.791. The molecule has 1 aliphatic heterocycles. The van der Waals surface area contributed by atoms with Crippen LogP contribution in [-0.4, -0.2) is 61.8 Å². The largest absolute Gasteiger partial charge is 0.497 e. The number of likely N-dealkylation sites (tertiary alicyclic amines) is 1. The molecule has 4 heteroatoms. The number of methoxy groups -OCH3 is 1. The van der Waals surface area contributed by atoms with Crippen molar-refractivity contribution in [2.24, 2.45) is 0 Å². The van der Waals surface area contributed by atoms with Crippen LogP contribution in [0.1, 0.15) is 24.5 Å².